The van der Waals surface area contributed by atoms with E-state index in [1.165, 1.54) is 18.4 Å². The molecule has 1 aromatic carbocycles. The Morgan fingerprint density at radius 2 is 1.88 bits per heavy atom. The standard InChI is InChI=1S/C25H28N6O/c1-17-6-5-9-21(26-17)24(32)31-15-25(16-31)14-30(12-18-7-3-2-4-8-18)13-20(25)23-27-22(28-29-23)19-10-11-19/h2-9,19-20H,10-16H2,1H3,(H,27,28,29). The number of amides is 1. The number of rotatable bonds is 5. The van der Waals surface area contributed by atoms with Crippen LogP contribution >= 0.6 is 0 Å². The second-order valence-electron chi connectivity index (χ2n) is 9.75. The number of nitrogens with one attached hydrogen (secondary N) is 1. The van der Waals surface area contributed by atoms with Gasteiger partial charge in [0.1, 0.15) is 11.5 Å². The topological polar surface area (TPSA) is 78.0 Å². The maximum atomic E-state index is 13.1. The van der Waals surface area contributed by atoms with Crippen LogP contribution in [0.5, 0.6) is 0 Å². The van der Waals surface area contributed by atoms with E-state index in [1.807, 2.05) is 30.0 Å². The van der Waals surface area contributed by atoms with Crippen LogP contribution in [0.1, 0.15) is 58.1 Å². The Labute approximate surface area is 187 Å². The molecule has 0 radical (unpaired) electrons. The zero-order valence-electron chi connectivity index (χ0n) is 18.4. The van der Waals surface area contributed by atoms with Gasteiger partial charge in [0.2, 0.25) is 0 Å². The largest absolute Gasteiger partial charge is 0.336 e. The van der Waals surface area contributed by atoms with Gasteiger partial charge in [-0.2, -0.15) is 5.10 Å². The van der Waals surface area contributed by atoms with Crippen LogP contribution in [0.2, 0.25) is 0 Å². The van der Waals surface area contributed by atoms with Crippen molar-refractivity contribution in [3.63, 3.8) is 0 Å². The summed E-state index contributed by atoms with van der Waals surface area (Å²) in [5.41, 5.74) is 2.73. The van der Waals surface area contributed by atoms with Gasteiger partial charge in [-0.25, -0.2) is 9.97 Å². The molecule has 32 heavy (non-hydrogen) atoms. The second-order valence-corrected chi connectivity index (χ2v) is 9.75. The van der Waals surface area contributed by atoms with Crippen LogP contribution in [-0.4, -0.2) is 62.1 Å². The van der Waals surface area contributed by atoms with E-state index >= 15 is 0 Å². The molecule has 3 fully saturated rings. The quantitative estimate of drug-likeness (QED) is 0.676. The summed E-state index contributed by atoms with van der Waals surface area (Å²) >= 11 is 0. The normalized spacial score (nSPS) is 22.3. The van der Waals surface area contributed by atoms with Crippen LogP contribution < -0.4 is 0 Å². The van der Waals surface area contributed by atoms with Crippen molar-refractivity contribution in [2.45, 2.75) is 38.1 Å². The van der Waals surface area contributed by atoms with Gasteiger partial charge in [-0.15, -0.1) is 0 Å². The lowest BCUT2D eigenvalue weighted by molar-refractivity contribution is 0.00135. The van der Waals surface area contributed by atoms with E-state index in [1.54, 1.807) is 0 Å². The minimum atomic E-state index is 0.00855. The van der Waals surface area contributed by atoms with Gasteiger partial charge in [-0.1, -0.05) is 36.4 Å². The van der Waals surface area contributed by atoms with Gasteiger partial charge in [0.15, 0.2) is 5.82 Å². The molecule has 2 aliphatic heterocycles. The van der Waals surface area contributed by atoms with Crippen LogP contribution in [0.3, 0.4) is 0 Å². The molecule has 1 unspecified atom stereocenters. The zero-order valence-corrected chi connectivity index (χ0v) is 18.4. The number of likely N-dealkylation sites (tertiary alicyclic amines) is 2. The van der Waals surface area contributed by atoms with Crippen LogP contribution in [0, 0.1) is 12.3 Å². The van der Waals surface area contributed by atoms with Crippen LogP contribution in [0.15, 0.2) is 48.5 Å². The van der Waals surface area contributed by atoms with Crippen molar-refractivity contribution in [3.05, 3.63) is 77.1 Å². The molecule has 1 atom stereocenters. The lowest BCUT2D eigenvalue weighted by Gasteiger charge is -2.50. The zero-order chi connectivity index (χ0) is 21.7. The lowest BCUT2D eigenvalue weighted by atomic mass is 9.71. The minimum Gasteiger partial charge on any atom is -0.336 e. The van der Waals surface area contributed by atoms with Crippen molar-refractivity contribution in [2.24, 2.45) is 5.41 Å². The summed E-state index contributed by atoms with van der Waals surface area (Å²) in [6, 6.07) is 16.2. The molecule has 164 valence electrons. The number of hydrogen-bond donors (Lipinski definition) is 1. The number of hydrogen-bond acceptors (Lipinski definition) is 5. The number of nitrogens with zero attached hydrogens (tertiary/aromatic N) is 5. The van der Waals surface area contributed by atoms with E-state index in [9.17, 15) is 4.79 Å². The summed E-state index contributed by atoms with van der Waals surface area (Å²) < 4.78 is 0. The molecule has 7 nitrogen and oxygen atoms in total. The molecule has 1 aliphatic carbocycles. The molecule has 0 bridgehead atoms. The first-order valence-electron chi connectivity index (χ1n) is 11.5. The Balaban J connectivity index is 1.23. The van der Waals surface area contributed by atoms with Crippen molar-refractivity contribution in [3.8, 4) is 0 Å². The van der Waals surface area contributed by atoms with Crippen LogP contribution in [-0.2, 0) is 6.54 Å². The fourth-order valence-corrected chi connectivity index (χ4v) is 5.38. The fraction of sp³-hybridized carbons (Fsp3) is 0.440. The first-order chi connectivity index (χ1) is 15.6. The summed E-state index contributed by atoms with van der Waals surface area (Å²) in [5.74, 6) is 2.76. The highest BCUT2D eigenvalue weighted by molar-refractivity contribution is 5.93. The molecule has 2 saturated heterocycles. The number of H-pyrrole nitrogens is 1. The third kappa shape index (κ3) is 3.50. The van der Waals surface area contributed by atoms with Crippen molar-refractivity contribution in [2.75, 3.05) is 26.2 Å². The van der Waals surface area contributed by atoms with Gasteiger partial charge < -0.3 is 4.90 Å². The molecule has 4 heterocycles. The third-order valence-corrected chi connectivity index (χ3v) is 7.17. The Morgan fingerprint density at radius 3 is 2.62 bits per heavy atom. The smallest absolute Gasteiger partial charge is 0.272 e. The molecule has 3 aliphatic rings. The molecule has 3 aromatic rings. The van der Waals surface area contributed by atoms with Crippen molar-refractivity contribution < 1.29 is 4.79 Å². The number of carbonyl (C=O) groups excluding carboxylic acids is 1. The summed E-state index contributed by atoms with van der Waals surface area (Å²) in [6.45, 7) is 6.18. The Hall–Kier alpha value is -3.06. The van der Waals surface area contributed by atoms with E-state index in [-0.39, 0.29) is 17.2 Å². The number of aryl methyl sites for hydroxylation is 1. The maximum absolute atomic E-state index is 13.1. The molecule has 1 N–H and O–H groups in total. The monoisotopic (exact) mass is 428 g/mol. The van der Waals surface area contributed by atoms with Gasteiger partial charge in [0.05, 0.1) is 0 Å². The van der Waals surface area contributed by atoms with E-state index in [0.29, 0.717) is 11.6 Å². The van der Waals surface area contributed by atoms with Crippen molar-refractivity contribution >= 4 is 5.91 Å². The van der Waals surface area contributed by atoms with Crippen LogP contribution in [0.4, 0.5) is 0 Å². The first kappa shape index (κ1) is 19.6. The van der Waals surface area contributed by atoms with Crippen molar-refractivity contribution in [1.82, 2.24) is 30.0 Å². The predicted octanol–water partition coefficient (Wildman–Crippen LogP) is 3.13. The molecule has 6 rings (SSSR count). The number of carbonyl (C=O) groups is 1. The first-order valence-corrected chi connectivity index (χ1v) is 11.5. The average Bonchev–Trinajstić information content (AvgIpc) is 3.38. The molecular formula is C25H28N6O. The Bertz CT molecular complexity index is 1130. The Kier molecular flexibility index (Phi) is 4.61. The number of aromatic amines is 1. The third-order valence-electron chi connectivity index (χ3n) is 7.17. The summed E-state index contributed by atoms with van der Waals surface area (Å²) in [7, 11) is 0. The average molecular weight is 429 g/mol. The molecular weight excluding hydrogens is 400 g/mol. The SMILES string of the molecule is Cc1cccc(C(=O)N2CC3(CN(Cc4ccccc4)CC3c3nc(C4CC4)n[nH]3)C2)n1. The number of pyridine rings is 1. The molecule has 1 spiro atoms. The van der Waals surface area contributed by atoms with E-state index in [2.05, 4.69) is 50.4 Å². The minimum absolute atomic E-state index is 0.00855. The van der Waals surface area contributed by atoms with Gasteiger partial charge in [-0.05, 0) is 37.5 Å². The van der Waals surface area contributed by atoms with Gasteiger partial charge in [0.25, 0.3) is 5.91 Å². The van der Waals surface area contributed by atoms with E-state index in [4.69, 9.17) is 4.98 Å². The van der Waals surface area contributed by atoms with Crippen molar-refractivity contribution in [1.29, 1.82) is 0 Å². The lowest BCUT2D eigenvalue weighted by Crippen LogP contribution is -2.61. The number of benzene rings is 1. The fourth-order valence-electron chi connectivity index (χ4n) is 5.38. The molecule has 1 amide bonds. The highest BCUT2D eigenvalue weighted by Gasteiger charge is 2.57. The van der Waals surface area contributed by atoms with E-state index in [0.717, 1.165) is 50.1 Å². The van der Waals surface area contributed by atoms with E-state index < -0.39 is 0 Å². The van der Waals surface area contributed by atoms with Gasteiger partial charge >= 0.3 is 0 Å². The molecule has 2 aromatic heterocycles. The summed E-state index contributed by atoms with van der Waals surface area (Å²) in [4.78, 5) is 26.8. The Morgan fingerprint density at radius 1 is 1.06 bits per heavy atom. The van der Waals surface area contributed by atoms with Gasteiger partial charge in [0, 0.05) is 55.7 Å². The molecule has 7 heteroatoms. The van der Waals surface area contributed by atoms with Gasteiger partial charge in [-0.3, -0.25) is 14.8 Å². The predicted molar refractivity (Wildman–Crippen MR) is 120 cm³/mol. The van der Waals surface area contributed by atoms with Crippen LogP contribution in [0.25, 0.3) is 0 Å². The highest BCUT2D eigenvalue weighted by Crippen LogP contribution is 2.49. The second kappa shape index (κ2) is 7.52. The highest BCUT2D eigenvalue weighted by atomic mass is 16.2. The molecule has 1 saturated carbocycles. The maximum Gasteiger partial charge on any atom is 0.272 e. The number of aromatic nitrogens is 4. The summed E-state index contributed by atoms with van der Waals surface area (Å²) in [5, 5.41) is 7.78. The summed E-state index contributed by atoms with van der Waals surface area (Å²) in [6.07, 6.45) is 2.39.